The molecule has 0 atom stereocenters. The number of unbranched alkanes of at least 4 members (excludes halogenated alkanes) is 9. The summed E-state index contributed by atoms with van der Waals surface area (Å²) in [6, 6.07) is 0. The number of aliphatic carboxylic acids is 1. The molecule has 19 heavy (non-hydrogen) atoms. The molecule has 109 valence electrons. The Bertz CT molecular complexity index is 246. The quantitative estimate of drug-likeness (QED) is 0.290. The fraction of sp³-hybridized carbons (Fsp3) is 0.688. The molecule has 0 rings (SSSR count). The first-order valence-electron chi connectivity index (χ1n) is 7.39. The Morgan fingerprint density at radius 1 is 0.842 bits per heavy atom. The maximum absolute atomic E-state index is 10.3. The molecule has 0 bridgehead atoms. The number of carbonyl (C=O) groups excluding carboxylic acids is 1. The summed E-state index contributed by atoms with van der Waals surface area (Å²) in [5.74, 6) is -0.728. The molecule has 0 saturated carbocycles. The van der Waals surface area contributed by atoms with Crippen LogP contribution in [0.2, 0.25) is 0 Å². The first-order valence-corrected chi connectivity index (χ1v) is 7.39. The molecule has 1 N–H and O–H groups in total. The van der Waals surface area contributed by atoms with Crippen molar-refractivity contribution in [2.24, 2.45) is 0 Å². The molecule has 0 aliphatic carbocycles. The van der Waals surface area contributed by atoms with Gasteiger partial charge in [0, 0.05) is 12.8 Å². The second-order valence-corrected chi connectivity index (χ2v) is 4.79. The van der Waals surface area contributed by atoms with Crippen molar-refractivity contribution in [1.82, 2.24) is 0 Å². The lowest BCUT2D eigenvalue weighted by Gasteiger charge is -1.98. The summed E-state index contributed by atoms with van der Waals surface area (Å²) >= 11 is 0. The summed E-state index contributed by atoms with van der Waals surface area (Å²) < 4.78 is 0. The van der Waals surface area contributed by atoms with E-state index in [1.165, 1.54) is 32.1 Å². The molecule has 0 amide bonds. The number of carboxylic acids is 1. The minimum absolute atomic E-state index is 0.234. The Hall–Kier alpha value is -1.12. The highest BCUT2D eigenvalue weighted by molar-refractivity contribution is 5.66. The lowest BCUT2D eigenvalue weighted by Crippen LogP contribution is -1.93. The van der Waals surface area contributed by atoms with Crippen LogP contribution in [0.25, 0.3) is 0 Å². The van der Waals surface area contributed by atoms with Crippen LogP contribution in [0.3, 0.4) is 0 Å². The van der Waals surface area contributed by atoms with E-state index in [-0.39, 0.29) is 6.42 Å². The minimum atomic E-state index is -0.728. The lowest BCUT2D eigenvalue weighted by molar-refractivity contribution is -0.137. The highest BCUT2D eigenvalue weighted by atomic mass is 16.4. The van der Waals surface area contributed by atoms with E-state index in [1.54, 1.807) is 0 Å². The van der Waals surface area contributed by atoms with Gasteiger partial charge in [0.25, 0.3) is 0 Å². The topological polar surface area (TPSA) is 54.4 Å². The van der Waals surface area contributed by atoms with Crippen molar-refractivity contribution in [3.63, 3.8) is 0 Å². The molecule has 0 aliphatic rings. The summed E-state index contributed by atoms with van der Waals surface area (Å²) in [5.41, 5.74) is 0. The highest BCUT2D eigenvalue weighted by Crippen LogP contribution is 2.08. The van der Waals surface area contributed by atoms with Gasteiger partial charge in [-0.05, 0) is 38.5 Å². The second-order valence-electron chi connectivity index (χ2n) is 4.79. The summed E-state index contributed by atoms with van der Waals surface area (Å²) in [5, 5.41) is 8.45. The van der Waals surface area contributed by atoms with Crippen molar-refractivity contribution in [1.29, 1.82) is 0 Å². The lowest BCUT2D eigenvalue weighted by atomic mass is 10.1. The molecule has 0 saturated heterocycles. The summed E-state index contributed by atoms with van der Waals surface area (Å²) in [6.07, 6.45) is 18.1. The van der Waals surface area contributed by atoms with Gasteiger partial charge < -0.3 is 9.90 Å². The maximum atomic E-state index is 10.3. The molecule has 0 aliphatic heterocycles. The zero-order valence-corrected chi connectivity index (χ0v) is 11.9. The summed E-state index contributed by atoms with van der Waals surface area (Å²) in [6.45, 7) is 0. The van der Waals surface area contributed by atoms with Gasteiger partial charge in [-0.25, -0.2) is 0 Å². The fourth-order valence-electron chi connectivity index (χ4n) is 1.85. The average Bonchev–Trinajstić information content (AvgIpc) is 2.39. The van der Waals surface area contributed by atoms with Crippen LogP contribution in [-0.2, 0) is 9.59 Å². The molecular formula is C16H27O3. The predicted octanol–water partition coefficient (Wildman–Crippen LogP) is 4.32. The summed E-state index contributed by atoms with van der Waals surface area (Å²) in [4.78, 5) is 20.4. The number of allylic oxidation sites excluding steroid dienone is 2. The predicted molar refractivity (Wildman–Crippen MR) is 77.9 cm³/mol. The van der Waals surface area contributed by atoms with Crippen LogP contribution < -0.4 is 0 Å². The molecule has 0 aromatic heterocycles. The van der Waals surface area contributed by atoms with Gasteiger partial charge in [-0.1, -0.05) is 37.8 Å². The molecule has 3 heteroatoms. The van der Waals surface area contributed by atoms with Crippen molar-refractivity contribution in [2.45, 2.75) is 70.6 Å². The van der Waals surface area contributed by atoms with E-state index in [0.717, 1.165) is 25.5 Å². The molecule has 0 aromatic carbocycles. The number of carboxylic acid groups (broad SMARTS) is 1. The normalized spacial score (nSPS) is 10.9. The van der Waals surface area contributed by atoms with Gasteiger partial charge in [0.05, 0.1) is 0 Å². The number of hydrogen-bond acceptors (Lipinski definition) is 2. The standard InChI is InChI=1S/C16H27O3/c17-15-13-11-9-7-5-3-1-2-4-6-8-10-12-14-16(18)19/h4,6,10,15H,1-3,5,7-9,11-14H2,(H,18,19). The van der Waals surface area contributed by atoms with Crippen LogP contribution in [0.1, 0.15) is 70.6 Å². The van der Waals surface area contributed by atoms with Gasteiger partial charge in [-0.3, -0.25) is 4.79 Å². The van der Waals surface area contributed by atoms with Crippen LogP contribution in [0, 0.1) is 6.42 Å². The van der Waals surface area contributed by atoms with Crippen molar-refractivity contribution in [2.75, 3.05) is 0 Å². The maximum Gasteiger partial charge on any atom is 0.303 e. The molecule has 1 radical (unpaired) electrons. The monoisotopic (exact) mass is 267 g/mol. The first-order chi connectivity index (χ1) is 9.27. The van der Waals surface area contributed by atoms with Crippen molar-refractivity contribution >= 4 is 12.3 Å². The number of rotatable bonds is 14. The smallest absolute Gasteiger partial charge is 0.303 e. The Morgan fingerprint density at radius 2 is 1.47 bits per heavy atom. The Kier molecular flexibility index (Phi) is 14.1. The van der Waals surface area contributed by atoms with Gasteiger partial charge in [0.15, 0.2) is 0 Å². The zero-order chi connectivity index (χ0) is 14.2. The van der Waals surface area contributed by atoms with E-state index in [2.05, 4.69) is 12.2 Å². The van der Waals surface area contributed by atoms with E-state index in [9.17, 15) is 9.59 Å². The molecule has 3 nitrogen and oxygen atoms in total. The third kappa shape index (κ3) is 16.9. The average molecular weight is 267 g/mol. The fourth-order valence-corrected chi connectivity index (χ4v) is 1.85. The van der Waals surface area contributed by atoms with Crippen molar-refractivity contribution in [3.05, 3.63) is 18.6 Å². The summed E-state index contributed by atoms with van der Waals surface area (Å²) in [7, 11) is 0. The van der Waals surface area contributed by atoms with E-state index in [0.29, 0.717) is 12.8 Å². The van der Waals surface area contributed by atoms with Gasteiger partial charge in [-0.15, -0.1) is 0 Å². The van der Waals surface area contributed by atoms with Crippen LogP contribution in [0.5, 0.6) is 0 Å². The zero-order valence-electron chi connectivity index (χ0n) is 11.9. The highest BCUT2D eigenvalue weighted by Gasteiger charge is 1.94. The van der Waals surface area contributed by atoms with E-state index in [4.69, 9.17) is 5.11 Å². The van der Waals surface area contributed by atoms with Gasteiger partial charge in [-0.2, -0.15) is 0 Å². The third-order valence-electron chi connectivity index (χ3n) is 2.97. The molecular weight excluding hydrogens is 240 g/mol. The molecule has 0 aromatic rings. The van der Waals surface area contributed by atoms with Crippen molar-refractivity contribution < 1.29 is 14.7 Å². The molecule has 0 spiro atoms. The molecule has 0 fully saturated rings. The van der Waals surface area contributed by atoms with Crippen LogP contribution in [0.15, 0.2) is 12.2 Å². The largest absolute Gasteiger partial charge is 0.481 e. The SMILES string of the molecule is O=CCCCCCCCCC=CC[CH]CCC(=O)O. The number of aldehydes is 1. The molecule has 0 heterocycles. The van der Waals surface area contributed by atoms with Crippen LogP contribution in [0.4, 0.5) is 0 Å². The van der Waals surface area contributed by atoms with Gasteiger partial charge in [0.1, 0.15) is 6.29 Å². The Morgan fingerprint density at radius 3 is 2.11 bits per heavy atom. The minimum Gasteiger partial charge on any atom is -0.481 e. The van der Waals surface area contributed by atoms with Gasteiger partial charge >= 0.3 is 5.97 Å². The van der Waals surface area contributed by atoms with Crippen molar-refractivity contribution in [3.8, 4) is 0 Å². The number of hydrogen-bond donors (Lipinski definition) is 1. The van der Waals surface area contributed by atoms with Gasteiger partial charge in [0.2, 0.25) is 0 Å². The van der Waals surface area contributed by atoms with E-state index in [1.807, 2.05) is 6.42 Å². The first kappa shape index (κ1) is 17.9. The third-order valence-corrected chi connectivity index (χ3v) is 2.97. The Labute approximate surface area is 117 Å². The Balaban J connectivity index is 3.08. The second kappa shape index (κ2) is 14.9. The van der Waals surface area contributed by atoms with Crippen LogP contribution in [-0.4, -0.2) is 17.4 Å². The van der Waals surface area contributed by atoms with E-state index >= 15 is 0 Å². The van der Waals surface area contributed by atoms with Crippen LogP contribution >= 0.6 is 0 Å². The number of carbonyl (C=O) groups is 2. The molecule has 0 unspecified atom stereocenters. The van der Waals surface area contributed by atoms with E-state index < -0.39 is 5.97 Å².